The van der Waals surface area contributed by atoms with Crippen molar-refractivity contribution in [1.82, 2.24) is 20.1 Å². The van der Waals surface area contributed by atoms with E-state index in [-0.39, 0.29) is 11.5 Å². The summed E-state index contributed by atoms with van der Waals surface area (Å²) in [6, 6.07) is 8.69. The van der Waals surface area contributed by atoms with Gasteiger partial charge in [-0.15, -0.1) is 10.2 Å². The van der Waals surface area contributed by atoms with Crippen molar-refractivity contribution in [3.05, 3.63) is 77.0 Å². The average molecular weight is 338 g/mol. The molecular weight excluding hydrogens is 323 g/mol. The maximum atomic E-state index is 13.5. The summed E-state index contributed by atoms with van der Waals surface area (Å²) in [6.45, 7) is 2.09. The molecule has 1 amide bonds. The fourth-order valence-corrected chi connectivity index (χ4v) is 3.10. The van der Waals surface area contributed by atoms with Gasteiger partial charge in [-0.1, -0.05) is 24.3 Å². The van der Waals surface area contributed by atoms with E-state index in [2.05, 4.69) is 15.2 Å². The highest BCUT2D eigenvalue weighted by atomic mass is 19.1. The largest absolute Gasteiger partial charge is 0.423 e. The van der Waals surface area contributed by atoms with E-state index in [4.69, 9.17) is 4.42 Å². The lowest BCUT2D eigenvalue weighted by atomic mass is 9.93. The monoisotopic (exact) mass is 338 g/mol. The standard InChI is InChI=1S/C18H15FN4O2/c1-11-21-22-17(25-11)16-7-12-4-2-3-5-13(12)10-23(16)18(24)14-6-15(19)9-20-8-14/h2-6,8-9,16H,7,10H2,1H3. The van der Waals surface area contributed by atoms with Gasteiger partial charge in [0.15, 0.2) is 0 Å². The zero-order valence-electron chi connectivity index (χ0n) is 13.5. The van der Waals surface area contributed by atoms with Crippen LogP contribution in [0.4, 0.5) is 4.39 Å². The lowest BCUT2D eigenvalue weighted by Gasteiger charge is -2.35. The van der Waals surface area contributed by atoms with Gasteiger partial charge in [0.05, 0.1) is 11.8 Å². The molecule has 1 atom stereocenters. The minimum absolute atomic E-state index is 0.195. The number of nitrogens with zero attached hydrogens (tertiary/aromatic N) is 4. The highest BCUT2D eigenvalue weighted by Crippen LogP contribution is 2.33. The number of hydrogen-bond donors (Lipinski definition) is 0. The van der Waals surface area contributed by atoms with Gasteiger partial charge in [0.1, 0.15) is 11.9 Å². The Morgan fingerprint density at radius 3 is 2.76 bits per heavy atom. The number of carbonyl (C=O) groups excluding carboxylic acids is 1. The third-order valence-electron chi connectivity index (χ3n) is 4.29. The third-order valence-corrected chi connectivity index (χ3v) is 4.29. The molecule has 4 rings (SSSR count). The van der Waals surface area contributed by atoms with Crippen molar-refractivity contribution in [2.45, 2.75) is 25.9 Å². The van der Waals surface area contributed by atoms with E-state index in [1.807, 2.05) is 24.3 Å². The molecule has 1 aliphatic heterocycles. The Kier molecular flexibility index (Phi) is 3.76. The van der Waals surface area contributed by atoms with Crippen LogP contribution in [-0.2, 0) is 13.0 Å². The van der Waals surface area contributed by atoms with Crippen LogP contribution in [-0.4, -0.2) is 26.0 Å². The van der Waals surface area contributed by atoms with Crippen LogP contribution in [0.2, 0.25) is 0 Å². The minimum Gasteiger partial charge on any atom is -0.423 e. The first kappa shape index (κ1) is 15.4. The van der Waals surface area contributed by atoms with Crippen molar-refractivity contribution in [1.29, 1.82) is 0 Å². The molecule has 0 spiro atoms. The van der Waals surface area contributed by atoms with Crippen LogP contribution >= 0.6 is 0 Å². The molecular formula is C18H15FN4O2. The van der Waals surface area contributed by atoms with Crippen LogP contribution in [0.15, 0.2) is 47.1 Å². The summed E-state index contributed by atoms with van der Waals surface area (Å²) < 4.78 is 19.1. The first-order valence-electron chi connectivity index (χ1n) is 7.90. The summed E-state index contributed by atoms with van der Waals surface area (Å²) in [5.41, 5.74) is 2.37. The molecule has 0 bridgehead atoms. The fraction of sp³-hybridized carbons (Fsp3) is 0.222. The van der Waals surface area contributed by atoms with Crippen molar-refractivity contribution < 1.29 is 13.6 Å². The SMILES string of the molecule is Cc1nnc(C2Cc3ccccc3CN2C(=O)c2cncc(F)c2)o1. The number of halogens is 1. The topological polar surface area (TPSA) is 72.1 Å². The van der Waals surface area contributed by atoms with E-state index < -0.39 is 11.9 Å². The number of aromatic nitrogens is 3. The van der Waals surface area contributed by atoms with Gasteiger partial charge in [0.2, 0.25) is 11.8 Å². The van der Waals surface area contributed by atoms with E-state index in [0.29, 0.717) is 24.7 Å². The van der Waals surface area contributed by atoms with E-state index in [0.717, 1.165) is 17.3 Å². The van der Waals surface area contributed by atoms with Gasteiger partial charge < -0.3 is 9.32 Å². The molecule has 1 aromatic carbocycles. The maximum Gasteiger partial charge on any atom is 0.256 e. The molecule has 0 saturated heterocycles. The van der Waals surface area contributed by atoms with Gasteiger partial charge in [0, 0.05) is 26.1 Å². The molecule has 126 valence electrons. The fourth-order valence-electron chi connectivity index (χ4n) is 3.10. The number of hydrogen-bond acceptors (Lipinski definition) is 5. The van der Waals surface area contributed by atoms with Crippen LogP contribution in [0.1, 0.15) is 39.3 Å². The quantitative estimate of drug-likeness (QED) is 0.718. The lowest BCUT2D eigenvalue weighted by molar-refractivity contribution is 0.0601. The number of rotatable bonds is 2. The molecule has 0 radical (unpaired) electrons. The van der Waals surface area contributed by atoms with Crippen molar-refractivity contribution in [3.63, 3.8) is 0 Å². The Labute approximate surface area is 143 Å². The molecule has 0 fully saturated rings. The summed E-state index contributed by atoms with van der Waals surface area (Å²) in [5, 5.41) is 7.96. The molecule has 1 aliphatic rings. The van der Waals surface area contributed by atoms with E-state index in [1.54, 1.807) is 11.8 Å². The van der Waals surface area contributed by atoms with Crippen molar-refractivity contribution in [2.24, 2.45) is 0 Å². The zero-order valence-corrected chi connectivity index (χ0v) is 13.5. The molecule has 25 heavy (non-hydrogen) atoms. The number of benzene rings is 1. The smallest absolute Gasteiger partial charge is 0.256 e. The Hall–Kier alpha value is -3.09. The molecule has 3 heterocycles. The molecule has 6 nitrogen and oxygen atoms in total. The number of fused-ring (bicyclic) bond motifs is 1. The van der Waals surface area contributed by atoms with Crippen LogP contribution in [0.3, 0.4) is 0 Å². The lowest BCUT2D eigenvalue weighted by Crippen LogP contribution is -2.39. The number of amides is 1. The summed E-state index contributed by atoms with van der Waals surface area (Å²) >= 11 is 0. The van der Waals surface area contributed by atoms with Gasteiger partial charge >= 0.3 is 0 Å². The number of pyridine rings is 1. The minimum atomic E-state index is -0.548. The third kappa shape index (κ3) is 2.88. The first-order chi connectivity index (χ1) is 12.1. The maximum absolute atomic E-state index is 13.5. The van der Waals surface area contributed by atoms with Gasteiger partial charge in [-0.2, -0.15) is 0 Å². The molecule has 0 N–H and O–H groups in total. The van der Waals surface area contributed by atoms with Gasteiger partial charge in [0.25, 0.3) is 5.91 Å². The highest BCUT2D eigenvalue weighted by Gasteiger charge is 2.34. The Bertz CT molecular complexity index is 940. The van der Waals surface area contributed by atoms with E-state index in [9.17, 15) is 9.18 Å². The van der Waals surface area contributed by atoms with Crippen molar-refractivity contribution in [2.75, 3.05) is 0 Å². The zero-order chi connectivity index (χ0) is 17.4. The van der Waals surface area contributed by atoms with Crippen molar-refractivity contribution >= 4 is 5.91 Å². The van der Waals surface area contributed by atoms with Crippen molar-refractivity contribution in [3.8, 4) is 0 Å². The Morgan fingerprint density at radius 2 is 2.04 bits per heavy atom. The predicted octanol–water partition coefficient (Wildman–Crippen LogP) is 2.85. The van der Waals surface area contributed by atoms with Gasteiger partial charge in [-0.05, 0) is 17.2 Å². The van der Waals surface area contributed by atoms with Crippen LogP contribution in [0.25, 0.3) is 0 Å². The first-order valence-corrected chi connectivity index (χ1v) is 7.90. The molecule has 7 heteroatoms. The van der Waals surface area contributed by atoms with Gasteiger partial charge in [-0.25, -0.2) is 4.39 Å². The second-order valence-corrected chi connectivity index (χ2v) is 5.97. The normalized spacial score (nSPS) is 16.6. The Morgan fingerprint density at radius 1 is 1.24 bits per heavy atom. The van der Waals surface area contributed by atoms with Crippen LogP contribution in [0, 0.1) is 12.7 Å². The van der Waals surface area contributed by atoms with Crippen LogP contribution in [0.5, 0.6) is 0 Å². The van der Waals surface area contributed by atoms with Crippen LogP contribution < -0.4 is 0 Å². The highest BCUT2D eigenvalue weighted by molar-refractivity contribution is 5.94. The average Bonchev–Trinajstić information content (AvgIpc) is 3.06. The summed E-state index contributed by atoms with van der Waals surface area (Å²) in [5.74, 6) is -0.0470. The van der Waals surface area contributed by atoms with Gasteiger partial charge in [-0.3, -0.25) is 9.78 Å². The Balaban J connectivity index is 1.75. The summed E-state index contributed by atoms with van der Waals surface area (Å²) in [4.78, 5) is 18.4. The van der Waals surface area contributed by atoms with E-state index >= 15 is 0 Å². The second-order valence-electron chi connectivity index (χ2n) is 5.97. The number of aryl methyl sites for hydroxylation is 1. The summed E-state index contributed by atoms with van der Waals surface area (Å²) in [6.07, 6.45) is 3.00. The predicted molar refractivity (Wildman–Crippen MR) is 86.0 cm³/mol. The number of carbonyl (C=O) groups is 1. The summed E-state index contributed by atoms with van der Waals surface area (Å²) in [7, 11) is 0. The van der Waals surface area contributed by atoms with E-state index in [1.165, 1.54) is 12.3 Å². The molecule has 2 aromatic heterocycles. The molecule has 0 saturated carbocycles. The molecule has 3 aromatic rings. The molecule has 1 unspecified atom stereocenters. The second kappa shape index (κ2) is 6.08. The molecule has 0 aliphatic carbocycles.